The van der Waals surface area contributed by atoms with E-state index in [0.717, 1.165) is 24.0 Å². The molecule has 1 unspecified atom stereocenters. The number of nitrogens with zero attached hydrogens (tertiary/aromatic N) is 2. The van der Waals surface area contributed by atoms with E-state index in [1.54, 1.807) is 12.1 Å². The van der Waals surface area contributed by atoms with E-state index in [0.29, 0.717) is 24.6 Å². The minimum Gasteiger partial charge on any atom is -0.352 e. The third-order valence-corrected chi connectivity index (χ3v) is 5.43. The normalized spacial score (nSPS) is 21.2. The molecule has 6 heteroatoms. The fraction of sp³-hybridized carbons (Fsp3) is 0.556. The molecule has 1 atom stereocenters. The van der Waals surface area contributed by atoms with Crippen LogP contribution in [0.2, 0.25) is 0 Å². The monoisotopic (exact) mass is 393 g/mol. The number of halogens is 1. The Kier molecular flexibility index (Phi) is 5.89. The first-order valence-electron chi connectivity index (χ1n) is 8.69. The number of amides is 2. The summed E-state index contributed by atoms with van der Waals surface area (Å²) >= 11 is 3.35. The van der Waals surface area contributed by atoms with Gasteiger partial charge in [-0.25, -0.2) is 0 Å². The van der Waals surface area contributed by atoms with Gasteiger partial charge < -0.3 is 10.2 Å². The van der Waals surface area contributed by atoms with Crippen LogP contribution in [0.5, 0.6) is 0 Å². The molecule has 2 heterocycles. The van der Waals surface area contributed by atoms with E-state index >= 15 is 0 Å². The summed E-state index contributed by atoms with van der Waals surface area (Å²) in [5.41, 5.74) is 0.612. The van der Waals surface area contributed by atoms with Crippen LogP contribution in [-0.4, -0.2) is 60.4 Å². The number of carbonyl (C=O) groups excluding carboxylic acids is 2. The zero-order valence-electron chi connectivity index (χ0n) is 13.8. The first kappa shape index (κ1) is 17.4. The Morgan fingerprint density at radius 3 is 2.54 bits per heavy atom. The van der Waals surface area contributed by atoms with E-state index in [9.17, 15) is 9.59 Å². The minimum absolute atomic E-state index is 0.133. The molecule has 130 valence electrons. The highest BCUT2D eigenvalue weighted by Gasteiger charge is 2.31. The number of hydrogen-bond donors (Lipinski definition) is 1. The molecule has 0 bridgehead atoms. The van der Waals surface area contributed by atoms with Crippen molar-refractivity contribution in [2.75, 3.05) is 32.7 Å². The van der Waals surface area contributed by atoms with Crippen LogP contribution in [0.4, 0.5) is 0 Å². The van der Waals surface area contributed by atoms with Crippen molar-refractivity contribution in [3.63, 3.8) is 0 Å². The van der Waals surface area contributed by atoms with Crippen LogP contribution in [0.3, 0.4) is 0 Å². The summed E-state index contributed by atoms with van der Waals surface area (Å²) in [6, 6.07) is 7.74. The lowest BCUT2D eigenvalue weighted by molar-refractivity contribution is -0.130. The lowest BCUT2D eigenvalue weighted by Crippen LogP contribution is -2.38. The van der Waals surface area contributed by atoms with Crippen LogP contribution >= 0.6 is 15.9 Å². The second-order valence-electron chi connectivity index (χ2n) is 6.54. The first-order valence-corrected chi connectivity index (χ1v) is 9.48. The van der Waals surface area contributed by atoms with Gasteiger partial charge in [0.15, 0.2) is 0 Å². The molecule has 2 aliphatic heterocycles. The SMILES string of the molecule is O=C(NCCC(=O)N1CCC(N2CCCC2)C1)c1ccc(Br)cc1. The fourth-order valence-electron chi connectivity index (χ4n) is 3.52. The highest BCUT2D eigenvalue weighted by molar-refractivity contribution is 9.10. The number of carbonyl (C=O) groups is 2. The van der Waals surface area contributed by atoms with E-state index in [-0.39, 0.29) is 11.8 Å². The molecule has 5 nitrogen and oxygen atoms in total. The smallest absolute Gasteiger partial charge is 0.251 e. The van der Waals surface area contributed by atoms with Crippen molar-refractivity contribution in [3.05, 3.63) is 34.3 Å². The van der Waals surface area contributed by atoms with Gasteiger partial charge in [0.25, 0.3) is 5.91 Å². The van der Waals surface area contributed by atoms with Crippen molar-refractivity contribution in [1.82, 2.24) is 15.1 Å². The molecule has 0 spiro atoms. The summed E-state index contributed by atoms with van der Waals surface area (Å²) in [5, 5.41) is 2.83. The Bertz CT molecular complexity index is 584. The summed E-state index contributed by atoms with van der Waals surface area (Å²) in [6.45, 7) is 4.44. The van der Waals surface area contributed by atoms with Crippen LogP contribution in [0.1, 0.15) is 36.0 Å². The van der Waals surface area contributed by atoms with Gasteiger partial charge in [-0.05, 0) is 56.6 Å². The lowest BCUT2D eigenvalue weighted by Gasteiger charge is -2.23. The topological polar surface area (TPSA) is 52.7 Å². The Morgan fingerprint density at radius 1 is 1.12 bits per heavy atom. The summed E-state index contributed by atoms with van der Waals surface area (Å²) in [4.78, 5) is 28.8. The molecule has 1 aromatic rings. The molecule has 1 aromatic carbocycles. The van der Waals surface area contributed by atoms with Gasteiger partial charge in [0.1, 0.15) is 0 Å². The summed E-state index contributed by atoms with van der Waals surface area (Å²) in [5.74, 6) is 0.0134. The van der Waals surface area contributed by atoms with Crippen molar-refractivity contribution < 1.29 is 9.59 Å². The molecule has 0 radical (unpaired) electrons. The third kappa shape index (κ3) is 4.36. The Morgan fingerprint density at radius 2 is 1.83 bits per heavy atom. The van der Waals surface area contributed by atoms with Crippen molar-refractivity contribution in [2.45, 2.75) is 31.7 Å². The predicted octanol–water partition coefficient (Wildman–Crippen LogP) is 2.27. The molecule has 2 aliphatic rings. The van der Waals surface area contributed by atoms with Gasteiger partial charge in [0, 0.05) is 42.1 Å². The largest absolute Gasteiger partial charge is 0.352 e. The average Bonchev–Trinajstić information content (AvgIpc) is 3.26. The molecular formula is C18H24BrN3O2. The van der Waals surface area contributed by atoms with Crippen molar-refractivity contribution in [3.8, 4) is 0 Å². The van der Waals surface area contributed by atoms with Gasteiger partial charge in [0.05, 0.1) is 0 Å². The molecule has 3 rings (SSSR count). The van der Waals surface area contributed by atoms with Gasteiger partial charge in [-0.15, -0.1) is 0 Å². The van der Waals surface area contributed by atoms with Crippen LogP contribution in [-0.2, 0) is 4.79 Å². The molecule has 1 N–H and O–H groups in total. The van der Waals surface area contributed by atoms with Gasteiger partial charge >= 0.3 is 0 Å². The summed E-state index contributed by atoms with van der Waals surface area (Å²) in [7, 11) is 0. The average molecular weight is 394 g/mol. The van der Waals surface area contributed by atoms with Gasteiger partial charge in [-0.2, -0.15) is 0 Å². The fourth-order valence-corrected chi connectivity index (χ4v) is 3.78. The highest BCUT2D eigenvalue weighted by atomic mass is 79.9. The summed E-state index contributed by atoms with van der Waals surface area (Å²) < 4.78 is 0.941. The van der Waals surface area contributed by atoms with E-state index in [2.05, 4.69) is 26.1 Å². The molecule has 0 aliphatic carbocycles. The number of nitrogens with one attached hydrogen (secondary N) is 1. The summed E-state index contributed by atoms with van der Waals surface area (Å²) in [6.07, 6.45) is 4.02. The predicted molar refractivity (Wildman–Crippen MR) is 96.9 cm³/mol. The van der Waals surface area contributed by atoms with E-state index in [1.165, 1.54) is 25.9 Å². The van der Waals surface area contributed by atoms with Crippen LogP contribution < -0.4 is 5.32 Å². The zero-order chi connectivity index (χ0) is 16.9. The maximum Gasteiger partial charge on any atom is 0.251 e. The molecule has 2 fully saturated rings. The maximum atomic E-state index is 12.3. The minimum atomic E-state index is -0.133. The third-order valence-electron chi connectivity index (χ3n) is 4.90. The van der Waals surface area contributed by atoms with Crippen molar-refractivity contribution >= 4 is 27.7 Å². The van der Waals surface area contributed by atoms with Crippen LogP contribution in [0, 0.1) is 0 Å². The van der Waals surface area contributed by atoms with Crippen molar-refractivity contribution in [1.29, 1.82) is 0 Å². The molecule has 0 saturated carbocycles. The number of likely N-dealkylation sites (tertiary alicyclic amines) is 2. The van der Waals surface area contributed by atoms with Gasteiger partial charge in [0.2, 0.25) is 5.91 Å². The Balaban J connectivity index is 1.39. The number of hydrogen-bond acceptors (Lipinski definition) is 3. The van der Waals surface area contributed by atoms with E-state index < -0.39 is 0 Å². The van der Waals surface area contributed by atoms with E-state index in [1.807, 2.05) is 17.0 Å². The molecular weight excluding hydrogens is 370 g/mol. The Hall–Kier alpha value is -1.40. The maximum absolute atomic E-state index is 12.3. The number of rotatable bonds is 5. The molecule has 0 aromatic heterocycles. The van der Waals surface area contributed by atoms with Crippen LogP contribution in [0.25, 0.3) is 0 Å². The molecule has 2 saturated heterocycles. The standard InChI is InChI=1S/C18H24BrN3O2/c19-15-5-3-14(4-6-15)18(24)20-9-7-17(23)22-12-8-16(13-22)21-10-1-2-11-21/h3-6,16H,1-2,7-13H2,(H,20,24). The van der Waals surface area contributed by atoms with Gasteiger partial charge in [-0.1, -0.05) is 15.9 Å². The molecule has 24 heavy (non-hydrogen) atoms. The van der Waals surface area contributed by atoms with E-state index in [4.69, 9.17) is 0 Å². The Labute approximate surface area is 151 Å². The second kappa shape index (κ2) is 8.12. The van der Waals surface area contributed by atoms with Crippen LogP contribution in [0.15, 0.2) is 28.7 Å². The van der Waals surface area contributed by atoms with Gasteiger partial charge in [-0.3, -0.25) is 14.5 Å². The quantitative estimate of drug-likeness (QED) is 0.834. The molecule has 2 amide bonds. The first-order chi connectivity index (χ1) is 11.6. The number of benzene rings is 1. The second-order valence-corrected chi connectivity index (χ2v) is 7.45. The highest BCUT2D eigenvalue weighted by Crippen LogP contribution is 2.20. The zero-order valence-corrected chi connectivity index (χ0v) is 15.4. The lowest BCUT2D eigenvalue weighted by atomic mass is 10.2. The van der Waals surface area contributed by atoms with Crippen molar-refractivity contribution in [2.24, 2.45) is 0 Å².